The second-order valence-corrected chi connectivity index (χ2v) is 14.7. The van der Waals surface area contributed by atoms with Crippen LogP contribution in [-0.4, -0.2) is 24.5 Å². The van der Waals surface area contributed by atoms with Gasteiger partial charge in [-0.2, -0.15) is 0 Å². The molecule has 0 saturated heterocycles. The molecule has 0 N–H and O–H groups in total. The Morgan fingerprint density at radius 2 is 1.27 bits per heavy atom. The van der Waals surface area contributed by atoms with E-state index in [-0.39, 0.29) is 25.3 Å². The van der Waals surface area contributed by atoms with Crippen molar-refractivity contribution in [2.45, 2.75) is 52.4 Å². The molecule has 6 rings (SSSR count). The number of nitrogens with zero attached hydrogens (tertiary/aromatic N) is 2. The van der Waals surface area contributed by atoms with Crippen LogP contribution in [0.25, 0.3) is 41.8 Å². The molecule has 0 bridgehead atoms. The average Bonchev–Trinajstić information content (AvgIpc) is 3.30. The Kier molecular flexibility index (Phi) is 6.65. The van der Waals surface area contributed by atoms with Gasteiger partial charge in [-0.25, -0.2) is 0 Å². The summed E-state index contributed by atoms with van der Waals surface area (Å²) in [6, 6.07) is 30.0. The predicted molar refractivity (Wildman–Crippen MR) is 169 cm³/mol. The predicted octanol–water partition coefficient (Wildman–Crippen LogP) is 9.56. The van der Waals surface area contributed by atoms with E-state index >= 15 is 0 Å². The Labute approximate surface area is 242 Å². The molecule has 0 aliphatic rings. The van der Waals surface area contributed by atoms with E-state index in [1.165, 1.54) is 30.4 Å². The number of ether oxygens (including phenoxy) is 1. The van der Waals surface area contributed by atoms with Crippen molar-refractivity contribution >= 4 is 33.8 Å². The first-order chi connectivity index (χ1) is 19.1. The monoisotopic (exact) mass is 590 g/mol. The van der Waals surface area contributed by atoms with Crippen molar-refractivity contribution in [2.24, 2.45) is 0 Å². The molecule has 0 amide bonds. The van der Waals surface area contributed by atoms with Crippen LogP contribution < -0.4 is 4.74 Å². The molecule has 0 aliphatic carbocycles. The second kappa shape index (κ2) is 10.0. The van der Waals surface area contributed by atoms with Crippen molar-refractivity contribution in [3.63, 3.8) is 0 Å². The summed E-state index contributed by atoms with van der Waals surface area (Å²) in [6.07, 6.45) is 3.83. The number of benzene rings is 3. The summed E-state index contributed by atoms with van der Waals surface area (Å²) in [5.74, 6) is 1.63. The van der Waals surface area contributed by atoms with Gasteiger partial charge < -0.3 is 0 Å². The van der Waals surface area contributed by atoms with Gasteiger partial charge in [-0.15, -0.1) is 0 Å². The number of fused-ring (bicyclic) bond motifs is 3. The first kappa shape index (κ1) is 26.5. The molecule has 3 heterocycles. The van der Waals surface area contributed by atoms with Crippen LogP contribution in [0.15, 0.2) is 97.3 Å². The molecule has 0 saturated carbocycles. The molecule has 0 unspecified atom stereocenters. The van der Waals surface area contributed by atoms with Gasteiger partial charge in [-0.3, -0.25) is 0 Å². The normalized spacial score (nSPS) is 12.2. The molecule has 0 spiro atoms. The molecule has 0 aliphatic heterocycles. The number of pyridine rings is 2. The van der Waals surface area contributed by atoms with Gasteiger partial charge in [0, 0.05) is 0 Å². The summed E-state index contributed by atoms with van der Waals surface area (Å²) in [5, 5.41) is 2.60. The molecule has 0 atom stereocenters. The molecular formula is C36H34N2OSe. The molecule has 40 heavy (non-hydrogen) atoms. The molecule has 0 radical (unpaired) electrons. The van der Waals surface area contributed by atoms with E-state index < -0.39 is 0 Å². The fourth-order valence-electron chi connectivity index (χ4n) is 5.04. The topological polar surface area (TPSA) is 35.0 Å². The Morgan fingerprint density at radius 1 is 0.600 bits per heavy atom. The molecule has 3 aromatic carbocycles. The fraction of sp³-hybridized carbons (Fsp3) is 0.222. The van der Waals surface area contributed by atoms with Crippen LogP contribution in [-0.2, 0) is 10.8 Å². The summed E-state index contributed by atoms with van der Waals surface area (Å²) >= 11 is 0.209. The number of aromatic nitrogens is 2. The average molecular weight is 590 g/mol. The first-order valence-electron chi connectivity index (χ1n) is 13.7. The molecular weight excluding hydrogens is 555 g/mol. The van der Waals surface area contributed by atoms with E-state index in [0.717, 1.165) is 34.0 Å². The summed E-state index contributed by atoms with van der Waals surface area (Å²) < 4.78 is 9.31. The van der Waals surface area contributed by atoms with Crippen molar-refractivity contribution < 1.29 is 4.74 Å². The number of rotatable bonds is 4. The quantitative estimate of drug-likeness (QED) is 0.192. The third kappa shape index (κ3) is 5.22. The summed E-state index contributed by atoms with van der Waals surface area (Å²) in [6.45, 7) is 13.4. The Balaban J connectivity index is 1.45. The molecule has 200 valence electrons. The minimum absolute atomic E-state index is 0.0373. The van der Waals surface area contributed by atoms with Crippen molar-refractivity contribution in [1.82, 2.24) is 9.97 Å². The van der Waals surface area contributed by atoms with Gasteiger partial charge in [-0.1, -0.05) is 0 Å². The van der Waals surface area contributed by atoms with E-state index in [1.54, 1.807) is 0 Å². The summed E-state index contributed by atoms with van der Waals surface area (Å²) in [4.78, 5) is 9.51. The van der Waals surface area contributed by atoms with E-state index in [2.05, 4.69) is 119 Å². The molecule has 3 nitrogen and oxygen atoms in total. The van der Waals surface area contributed by atoms with E-state index in [9.17, 15) is 0 Å². The van der Waals surface area contributed by atoms with Crippen molar-refractivity contribution in [3.05, 3.63) is 108 Å². The van der Waals surface area contributed by atoms with Gasteiger partial charge in [0.25, 0.3) is 0 Å². The zero-order chi connectivity index (χ0) is 28.1. The van der Waals surface area contributed by atoms with E-state index in [4.69, 9.17) is 9.72 Å². The molecule has 3 aromatic heterocycles. The standard InChI is InChI=1S/C36H34N2OSe/c1-35(2,3)24-14-16-37-30(19-24)23-10-9-11-26(18-23)39-27-21-29(31-20-25(15-17-38-31)36(4,5)6)34-28-12-7-8-13-32(28)40-33(34)22-27/h7-22H,1-6H3. The maximum absolute atomic E-state index is 6.58. The van der Waals surface area contributed by atoms with Gasteiger partial charge in [0.2, 0.25) is 0 Å². The SMILES string of the molecule is CC(C)(C)c1ccnc(-c2cccc(Oc3cc(-c4cc(C(C)(C)C)ccn4)c4c(c3)[se]c3ccccc34)c2)c1. The van der Waals surface area contributed by atoms with Crippen LogP contribution >= 0.6 is 0 Å². The Bertz CT molecular complexity index is 1850. The zero-order valence-electron chi connectivity index (χ0n) is 23.9. The van der Waals surface area contributed by atoms with Crippen LogP contribution in [0.4, 0.5) is 0 Å². The minimum atomic E-state index is 0.0373. The van der Waals surface area contributed by atoms with E-state index in [1.807, 2.05) is 24.5 Å². The zero-order valence-corrected chi connectivity index (χ0v) is 25.7. The second-order valence-electron chi connectivity index (χ2n) is 12.4. The summed E-state index contributed by atoms with van der Waals surface area (Å²) in [7, 11) is 0. The van der Waals surface area contributed by atoms with E-state index in [0.29, 0.717) is 0 Å². The van der Waals surface area contributed by atoms with Gasteiger partial charge in [-0.05, 0) is 0 Å². The molecule has 6 aromatic rings. The van der Waals surface area contributed by atoms with Gasteiger partial charge in [0.05, 0.1) is 0 Å². The van der Waals surface area contributed by atoms with Crippen molar-refractivity contribution in [3.8, 4) is 34.0 Å². The third-order valence-electron chi connectivity index (χ3n) is 7.35. The van der Waals surface area contributed by atoms with Crippen LogP contribution in [0.1, 0.15) is 52.7 Å². The van der Waals surface area contributed by atoms with Crippen LogP contribution in [0.2, 0.25) is 0 Å². The maximum atomic E-state index is 6.58. The van der Waals surface area contributed by atoms with Crippen LogP contribution in [0, 0.1) is 0 Å². The number of hydrogen-bond acceptors (Lipinski definition) is 3. The molecule has 4 heteroatoms. The van der Waals surface area contributed by atoms with Crippen molar-refractivity contribution in [1.29, 1.82) is 0 Å². The van der Waals surface area contributed by atoms with Crippen molar-refractivity contribution in [2.75, 3.05) is 0 Å². The first-order valence-corrected chi connectivity index (χ1v) is 15.4. The van der Waals surface area contributed by atoms with Gasteiger partial charge in [0.15, 0.2) is 0 Å². The Morgan fingerprint density at radius 3 is 2.00 bits per heavy atom. The third-order valence-corrected chi connectivity index (χ3v) is 9.69. The summed E-state index contributed by atoms with van der Waals surface area (Å²) in [5.41, 5.74) is 6.74. The Hall–Kier alpha value is -3.72. The number of hydrogen-bond donors (Lipinski definition) is 0. The van der Waals surface area contributed by atoms with Crippen LogP contribution in [0.5, 0.6) is 11.5 Å². The van der Waals surface area contributed by atoms with Gasteiger partial charge >= 0.3 is 243 Å². The van der Waals surface area contributed by atoms with Crippen LogP contribution in [0.3, 0.4) is 0 Å². The molecule has 0 fully saturated rings. The van der Waals surface area contributed by atoms with Gasteiger partial charge in [0.1, 0.15) is 0 Å². The fourth-order valence-corrected chi connectivity index (χ4v) is 7.48.